The first-order chi connectivity index (χ1) is 16.4. The highest BCUT2D eigenvalue weighted by atomic mass is 16.5. The fourth-order valence-electron chi connectivity index (χ4n) is 5.37. The van der Waals surface area contributed by atoms with Crippen LogP contribution >= 0.6 is 0 Å². The van der Waals surface area contributed by atoms with E-state index in [1.165, 1.54) is 0 Å². The maximum atomic E-state index is 9.81. The van der Waals surface area contributed by atoms with E-state index in [-0.39, 0.29) is 6.04 Å². The average Bonchev–Trinajstić information content (AvgIpc) is 3.49. The monoisotopic (exact) mass is 460 g/mol. The molecule has 2 aliphatic heterocycles. The standard InChI is InChI=1S/C26H32N6O2/c1-15-10-19(13-27)24-22(11-15)17(3)23(26-29-18(4)31-34-26)25(30-24)32-8-7-20(12-16(32)2)28-14-21-6-5-9-33-21/h10-11,16,20-21,28H,5-9,12,14H2,1-4H3/t16-,20-,21-/m1/s1. The molecule has 4 heterocycles. The maximum Gasteiger partial charge on any atom is 0.261 e. The number of rotatable bonds is 5. The molecule has 2 fully saturated rings. The normalized spacial score (nSPS) is 22.9. The summed E-state index contributed by atoms with van der Waals surface area (Å²) in [4.78, 5) is 12.0. The molecule has 0 spiro atoms. The predicted molar refractivity (Wildman–Crippen MR) is 131 cm³/mol. The van der Waals surface area contributed by atoms with Gasteiger partial charge in [0.15, 0.2) is 5.82 Å². The van der Waals surface area contributed by atoms with Crippen LogP contribution in [0.4, 0.5) is 5.82 Å². The summed E-state index contributed by atoms with van der Waals surface area (Å²) in [6.07, 6.45) is 4.67. The zero-order chi connectivity index (χ0) is 23.8. The Balaban J connectivity index is 1.51. The molecule has 2 saturated heterocycles. The van der Waals surface area contributed by atoms with Crippen molar-refractivity contribution in [2.24, 2.45) is 0 Å². The summed E-state index contributed by atoms with van der Waals surface area (Å²) in [7, 11) is 0. The minimum Gasteiger partial charge on any atom is -0.377 e. The van der Waals surface area contributed by atoms with Crippen molar-refractivity contribution >= 4 is 16.7 Å². The quantitative estimate of drug-likeness (QED) is 0.604. The summed E-state index contributed by atoms with van der Waals surface area (Å²) in [5, 5.41) is 18.5. The van der Waals surface area contributed by atoms with Crippen LogP contribution in [0.15, 0.2) is 16.7 Å². The van der Waals surface area contributed by atoms with Crippen molar-refractivity contribution in [3.05, 3.63) is 34.6 Å². The Morgan fingerprint density at radius 1 is 1.21 bits per heavy atom. The van der Waals surface area contributed by atoms with Crippen molar-refractivity contribution in [3.8, 4) is 17.5 Å². The lowest BCUT2D eigenvalue weighted by atomic mass is 9.95. The van der Waals surface area contributed by atoms with Crippen molar-refractivity contribution in [1.82, 2.24) is 20.4 Å². The molecule has 0 unspecified atom stereocenters. The van der Waals surface area contributed by atoms with E-state index in [1.807, 2.05) is 19.9 Å². The van der Waals surface area contributed by atoms with E-state index in [9.17, 15) is 5.26 Å². The number of pyridine rings is 1. The van der Waals surface area contributed by atoms with E-state index in [0.717, 1.165) is 78.8 Å². The molecular weight excluding hydrogens is 428 g/mol. The molecule has 0 aliphatic carbocycles. The van der Waals surface area contributed by atoms with Crippen LogP contribution in [0, 0.1) is 32.1 Å². The van der Waals surface area contributed by atoms with Crippen LogP contribution in [0.2, 0.25) is 0 Å². The highest BCUT2D eigenvalue weighted by Gasteiger charge is 2.31. The molecule has 2 aliphatic rings. The molecule has 3 aromatic rings. The van der Waals surface area contributed by atoms with Gasteiger partial charge >= 0.3 is 0 Å². The Kier molecular flexibility index (Phi) is 6.24. The highest BCUT2D eigenvalue weighted by Crippen LogP contribution is 2.39. The zero-order valence-electron chi connectivity index (χ0n) is 20.4. The number of piperidine rings is 1. The fraction of sp³-hybridized carbons (Fsp3) is 0.538. The van der Waals surface area contributed by atoms with E-state index >= 15 is 0 Å². The van der Waals surface area contributed by atoms with Crippen molar-refractivity contribution in [1.29, 1.82) is 5.26 Å². The first-order valence-corrected chi connectivity index (χ1v) is 12.2. The molecule has 5 rings (SSSR count). The number of nitrogens with zero attached hydrogens (tertiary/aromatic N) is 5. The number of ether oxygens (including phenoxy) is 1. The Hall–Kier alpha value is -3.02. The molecular formula is C26H32N6O2. The van der Waals surface area contributed by atoms with E-state index in [2.05, 4.69) is 46.3 Å². The second kappa shape index (κ2) is 9.32. The van der Waals surface area contributed by atoms with Crippen LogP contribution in [0.25, 0.3) is 22.4 Å². The zero-order valence-corrected chi connectivity index (χ0v) is 20.4. The van der Waals surface area contributed by atoms with Gasteiger partial charge in [-0.15, -0.1) is 0 Å². The molecule has 0 radical (unpaired) electrons. The van der Waals surface area contributed by atoms with Gasteiger partial charge in [-0.05, 0) is 76.6 Å². The molecule has 8 nitrogen and oxygen atoms in total. The lowest BCUT2D eigenvalue weighted by molar-refractivity contribution is 0.106. The Bertz CT molecular complexity index is 1240. The number of nitrogens with one attached hydrogen (secondary N) is 1. The highest BCUT2D eigenvalue weighted by molar-refractivity contribution is 5.95. The van der Waals surface area contributed by atoms with E-state index in [4.69, 9.17) is 14.2 Å². The van der Waals surface area contributed by atoms with Gasteiger partial charge in [0, 0.05) is 37.2 Å². The molecule has 0 bridgehead atoms. The van der Waals surface area contributed by atoms with Crippen LogP contribution in [0.1, 0.15) is 55.1 Å². The smallest absolute Gasteiger partial charge is 0.261 e. The molecule has 3 atom stereocenters. The number of hydrogen-bond acceptors (Lipinski definition) is 8. The Morgan fingerprint density at radius 3 is 2.74 bits per heavy atom. The van der Waals surface area contributed by atoms with Crippen LogP contribution < -0.4 is 10.2 Å². The third-order valence-electron chi connectivity index (χ3n) is 7.14. The summed E-state index contributed by atoms with van der Waals surface area (Å²) in [5.41, 5.74) is 4.22. The van der Waals surface area contributed by atoms with Crippen molar-refractivity contribution < 1.29 is 9.26 Å². The van der Waals surface area contributed by atoms with E-state index in [0.29, 0.717) is 29.4 Å². The van der Waals surface area contributed by atoms with Gasteiger partial charge in [0.05, 0.1) is 22.7 Å². The summed E-state index contributed by atoms with van der Waals surface area (Å²) in [6, 6.07) is 7.03. The maximum absolute atomic E-state index is 9.81. The molecule has 1 N–H and O–H groups in total. The average molecular weight is 461 g/mol. The number of nitriles is 1. The molecule has 0 amide bonds. The number of anilines is 1. The fourth-order valence-corrected chi connectivity index (χ4v) is 5.37. The third kappa shape index (κ3) is 4.26. The summed E-state index contributed by atoms with van der Waals surface area (Å²) >= 11 is 0. The van der Waals surface area contributed by atoms with Gasteiger partial charge in [0.2, 0.25) is 0 Å². The molecule has 8 heteroatoms. The van der Waals surface area contributed by atoms with E-state index < -0.39 is 0 Å². The number of aromatic nitrogens is 3. The van der Waals surface area contributed by atoms with Crippen molar-refractivity contribution in [3.63, 3.8) is 0 Å². The van der Waals surface area contributed by atoms with Crippen molar-refractivity contribution in [2.75, 3.05) is 24.6 Å². The third-order valence-corrected chi connectivity index (χ3v) is 7.14. The minimum atomic E-state index is 0.263. The topological polar surface area (TPSA) is 100 Å². The van der Waals surface area contributed by atoms with Gasteiger partial charge in [-0.2, -0.15) is 10.2 Å². The number of hydrogen-bond donors (Lipinski definition) is 1. The van der Waals surface area contributed by atoms with Gasteiger partial charge in [-0.25, -0.2) is 4.98 Å². The van der Waals surface area contributed by atoms with E-state index in [1.54, 1.807) is 0 Å². The molecule has 178 valence electrons. The van der Waals surface area contributed by atoms with Crippen molar-refractivity contribution in [2.45, 2.75) is 71.6 Å². The predicted octanol–water partition coefficient (Wildman–Crippen LogP) is 4.21. The van der Waals surface area contributed by atoms with Gasteiger partial charge in [0.25, 0.3) is 5.89 Å². The number of fused-ring (bicyclic) bond motifs is 1. The second-order valence-corrected chi connectivity index (χ2v) is 9.71. The number of aryl methyl sites for hydroxylation is 3. The first kappa shape index (κ1) is 22.8. The SMILES string of the molecule is Cc1cc(C#N)c2nc(N3CC[C@@H](NC[C@H]4CCCO4)C[C@H]3C)c(-c3nc(C)no3)c(C)c2c1. The van der Waals surface area contributed by atoms with Crippen LogP contribution in [-0.2, 0) is 4.74 Å². The molecule has 1 aromatic carbocycles. The summed E-state index contributed by atoms with van der Waals surface area (Å²) in [6.45, 7) is 10.8. The summed E-state index contributed by atoms with van der Waals surface area (Å²) in [5.74, 6) is 1.89. The van der Waals surface area contributed by atoms with Gasteiger partial charge in [-0.3, -0.25) is 0 Å². The van der Waals surface area contributed by atoms with Crippen LogP contribution in [-0.4, -0.2) is 53.0 Å². The van der Waals surface area contributed by atoms with Crippen LogP contribution in [0.3, 0.4) is 0 Å². The molecule has 34 heavy (non-hydrogen) atoms. The number of benzene rings is 1. The Labute approximate surface area is 200 Å². The second-order valence-electron chi connectivity index (χ2n) is 9.71. The van der Waals surface area contributed by atoms with Gasteiger partial charge in [0.1, 0.15) is 11.9 Å². The van der Waals surface area contributed by atoms with Gasteiger partial charge < -0.3 is 19.5 Å². The minimum absolute atomic E-state index is 0.263. The van der Waals surface area contributed by atoms with Gasteiger partial charge in [-0.1, -0.05) is 5.16 Å². The molecule has 2 aromatic heterocycles. The largest absolute Gasteiger partial charge is 0.377 e. The Morgan fingerprint density at radius 2 is 2.06 bits per heavy atom. The lowest BCUT2D eigenvalue weighted by Crippen LogP contribution is -2.49. The first-order valence-electron chi connectivity index (χ1n) is 12.2. The molecule has 0 saturated carbocycles. The summed E-state index contributed by atoms with van der Waals surface area (Å²) < 4.78 is 11.4. The lowest BCUT2D eigenvalue weighted by Gasteiger charge is -2.40. The van der Waals surface area contributed by atoms with Crippen LogP contribution in [0.5, 0.6) is 0 Å².